The first kappa shape index (κ1) is 12.0. The summed E-state index contributed by atoms with van der Waals surface area (Å²) < 4.78 is 31.4. The average Bonchev–Trinajstić information content (AvgIpc) is 2.75. The zero-order valence-electron chi connectivity index (χ0n) is 9.78. The molecule has 2 atom stereocenters. The van der Waals surface area contributed by atoms with Gasteiger partial charge in [-0.3, -0.25) is 0 Å². The van der Waals surface area contributed by atoms with Crippen LogP contribution in [0.5, 0.6) is 0 Å². The molecule has 0 fully saturated rings. The second-order valence-electron chi connectivity index (χ2n) is 4.16. The maximum atomic E-state index is 13.1. The first-order valence-corrected chi connectivity index (χ1v) is 5.56. The lowest BCUT2D eigenvalue weighted by atomic mass is 9.92. The summed E-state index contributed by atoms with van der Waals surface area (Å²) in [6, 6.07) is 6.72. The van der Waals surface area contributed by atoms with Crippen molar-refractivity contribution in [2.75, 3.05) is 7.05 Å². The zero-order valence-corrected chi connectivity index (χ0v) is 9.78. The van der Waals surface area contributed by atoms with Gasteiger partial charge >= 0.3 is 0 Å². The fraction of sp³-hybridized carbons (Fsp3) is 0.385. The minimum atomic E-state index is -2.39. The Morgan fingerprint density at radius 2 is 2.00 bits per heavy atom. The Morgan fingerprint density at radius 1 is 1.24 bits per heavy atom. The minimum Gasteiger partial charge on any atom is -0.464 e. The standard InChI is InChI=1S/C13H15F2NO/c1-8(16-2)12(13(14)15)10-3-4-11-9(7-10)5-6-17-11/h3-8,12-13,16H,1-2H3. The fourth-order valence-electron chi connectivity index (χ4n) is 2.02. The Balaban J connectivity index is 2.40. The summed E-state index contributed by atoms with van der Waals surface area (Å²) in [6.45, 7) is 1.76. The van der Waals surface area contributed by atoms with Gasteiger partial charge in [-0.25, -0.2) is 8.78 Å². The van der Waals surface area contributed by atoms with Crippen LogP contribution in [0.2, 0.25) is 0 Å². The highest BCUT2D eigenvalue weighted by molar-refractivity contribution is 5.77. The molecule has 4 heteroatoms. The van der Waals surface area contributed by atoms with Crippen molar-refractivity contribution in [2.45, 2.75) is 25.3 Å². The lowest BCUT2D eigenvalue weighted by molar-refractivity contribution is 0.0995. The van der Waals surface area contributed by atoms with Gasteiger partial charge in [0.2, 0.25) is 6.43 Å². The van der Waals surface area contributed by atoms with Gasteiger partial charge in [0.1, 0.15) is 5.58 Å². The Labute approximate surface area is 98.6 Å². The van der Waals surface area contributed by atoms with Gasteiger partial charge in [-0.15, -0.1) is 0 Å². The summed E-state index contributed by atoms with van der Waals surface area (Å²) >= 11 is 0. The van der Waals surface area contributed by atoms with Gasteiger partial charge in [-0.05, 0) is 37.7 Å². The second-order valence-corrected chi connectivity index (χ2v) is 4.16. The molecule has 1 aromatic heterocycles. The van der Waals surface area contributed by atoms with E-state index in [1.807, 2.05) is 0 Å². The predicted octanol–water partition coefficient (Wildman–Crippen LogP) is 3.39. The van der Waals surface area contributed by atoms with Crippen molar-refractivity contribution in [3.8, 4) is 0 Å². The number of hydrogen-bond donors (Lipinski definition) is 1. The molecule has 0 saturated carbocycles. The molecule has 0 spiro atoms. The van der Waals surface area contributed by atoms with Crippen molar-refractivity contribution in [3.05, 3.63) is 36.1 Å². The molecule has 1 aromatic carbocycles. The first-order chi connectivity index (χ1) is 8.13. The SMILES string of the molecule is CNC(C)C(c1ccc2occc2c1)C(F)F. The van der Waals surface area contributed by atoms with Crippen LogP contribution in [0.1, 0.15) is 18.4 Å². The highest BCUT2D eigenvalue weighted by Gasteiger charge is 2.27. The molecule has 2 nitrogen and oxygen atoms in total. The maximum absolute atomic E-state index is 13.1. The van der Waals surface area contributed by atoms with Crippen molar-refractivity contribution in [1.82, 2.24) is 5.32 Å². The Morgan fingerprint density at radius 3 is 2.65 bits per heavy atom. The molecule has 2 rings (SSSR count). The maximum Gasteiger partial charge on any atom is 0.246 e. The average molecular weight is 239 g/mol. The molecule has 1 N–H and O–H groups in total. The minimum absolute atomic E-state index is 0.278. The molecule has 2 aromatic rings. The van der Waals surface area contributed by atoms with E-state index in [0.29, 0.717) is 5.56 Å². The summed E-state index contributed by atoms with van der Waals surface area (Å²) in [7, 11) is 1.69. The summed E-state index contributed by atoms with van der Waals surface area (Å²) in [5.74, 6) is -0.806. The summed E-state index contributed by atoms with van der Waals surface area (Å²) in [5.41, 5.74) is 1.36. The predicted molar refractivity (Wildman–Crippen MR) is 63.5 cm³/mol. The molecule has 92 valence electrons. The van der Waals surface area contributed by atoms with Crippen molar-refractivity contribution in [1.29, 1.82) is 0 Å². The number of fused-ring (bicyclic) bond motifs is 1. The largest absolute Gasteiger partial charge is 0.464 e. The van der Waals surface area contributed by atoms with Crippen LogP contribution in [0.25, 0.3) is 11.0 Å². The van der Waals surface area contributed by atoms with Gasteiger partial charge in [-0.2, -0.15) is 0 Å². The number of likely N-dealkylation sites (N-methyl/N-ethyl adjacent to an activating group) is 1. The molecule has 0 bridgehead atoms. The number of halogens is 2. The Kier molecular flexibility index (Phi) is 3.43. The summed E-state index contributed by atoms with van der Waals surface area (Å²) in [6.07, 6.45) is -0.824. The smallest absolute Gasteiger partial charge is 0.246 e. The van der Waals surface area contributed by atoms with Gasteiger partial charge in [-0.1, -0.05) is 6.07 Å². The molecule has 1 heterocycles. The molecule has 0 radical (unpaired) electrons. The first-order valence-electron chi connectivity index (χ1n) is 5.56. The number of rotatable bonds is 4. The molecule has 0 amide bonds. The lowest BCUT2D eigenvalue weighted by Gasteiger charge is -2.23. The summed E-state index contributed by atoms with van der Waals surface area (Å²) in [4.78, 5) is 0. The quantitative estimate of drug-likeness (QED) is 0.884. The number of alkyl halides is 2. The van der Waals surface area contributed by atoms with E-state index in [1.54, 1.807) is 44.5 Å². The van der Waals surface area contributed by atoms with Crippen molar-refractivity contribution in [2.24, 2.45) is 0 Å². The number of hydrogen-bond acceptors (Lipinski definition) is 2. The van der Waals surface area contributed by atoms with Gasteiger partial charge in [0.25, 0.3) is 0 Å². The van der Waals surface area contributed by atoms with E-state index in [2.05, 4.69) is 5.32 Å². The number of nitrogens with one attached hydrogen (secondary N) is 1. The van der Waals surface area contributed by atoms with Crippen LogP contribution >= 0.6 is 0 Å². The molecule has 2 unspecified atom stereocenters. The molecule has 17 heavy (non-hydrogen) atoms. The molecule has 0 saturated heterocycles. The Hall–Kier alpha value is -1.42. The lowest BCUT2D eigenvalue weighted by Crippen LogP contribution is -2.33. The van der Waals surface area contributed by atoms with E-state index in [-0.39, 0.29) is 6.04 Å². The van der Waals surface area contributed by atoms with E-state index in [0.717, 1.165) is 11.0 Å². The van der Waals surface area contributed by atoms with Gasteiger partial charge < -0.3 is 9.73 Å². The van der Waals surface area contributed by atoms with Crippen molar-refractivity contribution >= 4 is 11.0 Å². The van der Waals surface area contributed by atoms with Crippen LogP contribution in [-0.2, 0) is 0 Å². The van der Waals surface area contributed by atoms with Gasteiger partial charge in [0.15, 0.2) is 0 Å². The molecular formula is C13H15F2NO. The van der Waals surface area contributed by atoms with E-state index in [4.69, 9.17) is 4.42 Å². The third-order valence-corrected chi connectivity index (χ3v) is 3.13. The highest BCUT2D eigenvalue weighted by Crippen LogP contribution is 2.29. The van der Waals surface area contributed by atoms with E-state index in [9.17, 15) is 8.78 Å². The summed E-state index contributed by atoms with van der Waals surface area (Å²) in [5, 5.41) is 3.74. The van der Waals surface area contributed by atoms with Crippen LogP contribution in [0, 0.1) is 0 Å². The fourth-order valence-corrected chi connectivity index (χ4v) is 2.02. The van der Waals surface area contributed by atoms with E-state index >= 15 is 0 Å². The molecule has 0 aliphatic rings. The van der Waals surface area contributed by atoms with Crippen LogP contribution < -0.4 is 5.32 Å². The number of benzene rings is 1. The monoisotopic (exact) mass is 239 g/mol. The third-order valence-electron chi connectivity index (χ3n) is 3.13. The molecular weight excluding hydrogens is 224 g/mol. The van der Waals surface area contributed by atoms with Crippen molar-refractivity contribution < 1.29 is 13.2 Å². The Bertz CT molecular complexity index is 495. The van der Waals surface area contributed by atoms with Crippen LogP contribution in [0.15, 0.2) is 34.9 Å². The van der Waals surface area contributed by atoms with Crippen LogP contribution in [0.4, 0.5) is 8.78 Å². The molecule has 0 aliphatic heterocycles. The van der Waals surface area contributed by atoms with Gasteiger partial charge in [0, 0.05) is 11.4 Å². The second kappa shape index (κ2) is 4.84. The zero-order chi connectivity index (χ0) is 12.4. The van der Waals surface area contributed by atoms with Crippen LogP contribution in [0.3, 0.4) is 0 Å². The van der Waals surface area contributed by atoms with E-state index in [1.165, 1.54) is 0 Å². The van der Waals surface area contributed by atoms with Gasteiger partial charge in [0.05, 0.1) is 12.2 Å². The third kappa shape index (κ3) is 2.31. The topological polar surface area (TPSA) is 25.2 Å². The number of furan rings is 1. The normalized spacial score (nSPS) is 15.4. The van der Waals surface area contributed by atoms with Crippen molar-refractivity contribution in [3.63, 3.8) is 0 Å². The van der Waals surface area contributed by atoms with Crippen LogP contribution in [-0.4, -0.2) is 19.5 Å². The van der Waals surface area contributed by atoms with E-state index < -0.39 is 12.3 Å². The highest BCUT2D eigenvalue weighted by atomic mass is 19.3. The molecule has 0 aliphatic carbocycles.